The number of rotatable bonds is 0. The Kier molecular flexibility index (Phi) is 1.33. The van der Waals surface area contributed by atoms with Gasteiger partial charge in [-0.15, -0.1) is 0 Å². The first-order valence-electron chi connectivity index (χ1n) is 3.14. The van der Waals surface area contributed by atoms with Crippen molar-refractivity contribution in [2.75, 3.05) is 10.6 Å². The Bertz CT molecular complexity index is 224. The SMILES string of the molecule is [Se]C1Nc2ccccc2N1. The van der Waals surface area contributed by atoms with Gasteiger partial charge >= 0.3 is 67.4 Å². The molecule has 51 valence electrons. The average molecular weight is 198 g/mol. The molecule has 0 saturated carbocycles. The zero-order chi connectivity index (χ0) is 6.97. The van der Waals surface area contributed by atoms with E-state index >= 15 is 0 Å². The third kappa shape index (κ3) is 0.877. The van der Waals surface area contributed by atoms with Crippen LogP contribution in [0.25, 0.3) is 0 Å². The summed E-state index contributed by atoms with van der Waals surface area (Å²) in [6.45, 7) is 0. The molecule has 0 atom stereocenters. The molecule has 0 fully saturated rings. The van der Waals surface area contributed by atoms with Gasteiger partial charge in [-0.1, -0.05) is 0 Å². The maximum absolute atomic E-state index is 3.23. The number of fused-ring (bicyclic) bond motifs is 1. The van der Waals surface area contributed by atoms with Crippen LogP contribution in [0.3, 0.4) is 0 Å². The van der Waals surface area contributed by atoms with Crippen LogP contribution in [-0.4, -0.2) is 21.1 Å². The van der Waals surface area contributed by atoms with E-state index in [9.17, 15) is 0 Å². The number of nitrogens with one attached hydrogen (secondary N) is 2. The predicted octanol–water partition coefficient (Wildman–Crippen LogP) is 0.976. The quantitative estimate of drug-likeness (QED) is 0.607. The Morgan fingerprint density at radius 3 is 2.10 bits per heavy atom. The van der Waals surface area contributed by atoms with Crippen LogP contribution in [0, 0.1) is 0 Å². The van der Waals surface area contributed by atoms with E-state index in [0.29, 0.717) is 0 Å². The van der Waals surface area contributed by atoms with Crippen molar-refractivity contribution in [2.24, 2.45) is 0 Å². The molecule has 2 nitrogen and oxygen atoms in total. The summed E-state index contributed by atoms with van der Waals surface area (Å²) >= 11 is 2.96. The number of para-hydroxylation sites is 2. The van der Waals surface area contributed by atoms with Gasteiger partial charge in [0.15, 0.2) is 0 Å². The first-order chi connectivity index (χ1) is 4.86. The van der Waals surface area contributed by atoms with Crippen molar-refractivity contribution in [3.05, 3.63) is 24.3 Å². The molecule has 2 N–H and O–H groups in total. The zero-order valence-corrected chi connectivity index (χ0v) is 7.01. The summed E-state index contributed by atoms with van der Waals surface area (Å²) in [6, 6.07) is 8.15. The fourth-order valence-electron chi connectivity index (χ4n) is 1.05. The van der Waals surface area contributed by atoms with E-state index < -0.39 is 0 Å². The van der Waals surface area contributed by atoms with E-state index in [1.54, 1.807) is 0 Å². The van der Waals surface area contributed by atoms with Crippen molar-refractivity contribution < 1.29 is 0 Å². The van der Waals surface area contributed by atoms with E-state index in [1.165, 1.54) is 11.4 Å². The molecule has 1 radical (unpaired) electrons. The molecular weight excluding hydrogens is 191 g/mol. The Labute approximate surface area is 67.8 Å². The van der Waals surface area contributed by atoms with E-state index in [0.717, 1.165) is 0 Å². The van der Waals surface area contributed by atoms with Gasteiger partial charge in [-0.3, -0.25) is 0 Å². The third-order valence-electron chi connectivity index (χ3n) is 1.50. The first-order valence-corrected chi connectivity index (χ1v) is 4.13. The van der Waals surface area contributed by atoms with E-state index in [-0.39, 0.29) is 5.06 Å². The fraction of sp³-hybridized carbons (Fsp3) is 0.143. The van der Waals surface area contributed by atoms with Crippen LogP contribution >= 0.6 is 0 Å². The molecular formula is C7H7N2Se. The molecule has 0 saturated heterocycles. The Morgan fingerprint density at radius 2 is 1.60 bits per heavy atom. The molecule has 2 rings (SSSR count). The van der Waals surface area contributed by atoms with Crippen molar-refractivity contribution >= 4 is 27.4 Å². The monoisotopic (exact) mass is 199 g/mol. The van der Waals surface area contributed by atoms with Gasteiger partial charge in [0.2, 0.25) is 0 Å². The second kappa shape index (κ2) is 2.18. The normalized spacial score (nSPS) is 15.7. The van der Waals surface area contributed by atoms with Crippen molar-refractivity contribution in [1.29, 1.82) is 0 Å². The van der Waals surface area contributed by atoms with Crippen LogP contribution < -0.4 is 10.6 Å². The van der Waals surface area contributed by atoms with E-state index in [4.69, 9.17) is 0 Å². The van der Waals surface area contributed by atoms with Crippen molar-refractivity contribution in [3.8, 4) is 0 Å². The van der Waals surface area contributed by atoms with Crippen LogP contribution in [0.5, 0.6) is 0 Å². The average Bonchev–Trinajstić information content (AvgIpc) is 2.27. The first kappa shape index (κ1) is 6.08. The minimum atomic E-state index is 0.248. The molecule has 1 aromatic carbocycles. The van der Waals surface area contributed by atoms with Gasteiger partial charge in [-0.25, -0.2) is 0 Å². The molecule has 1 aliphatic heterocycles. The summed E-state index contributed by atoms with van der Waals surface area (Å²) < 4.78 is 0. The van der Waals surface area contributed by atoms with Crippen LogP contribution in [0.1, 0.15) is 0 Å². The predicted molar refractivity (Wildman–Crippen MR) is 43.2 cm³/mol. The summed E-state index contributed by atoms with van der Waals surface area (Å²) in [5.74, 6) is 0. The summed E-state index contributed by atoms with van der Waals surface area (Å²) in [6.07, 6.45) is 0. The van der Waals surface area contributed by atoms with Gasteiger partial charge < -0.3 is 0 Å². The molecule has 1 aromatic rings. The number of hydrogen-bond acceptors (Lipinski definition) is 2. The molecule has 0 amide bonds. The molecule has 0 bridgehead atoms. The number of anilines is 2. The number of benzene rings is 1. The minimum absolute atomic E-state index is 0.248. The van der Waals surface area contributed by atoms with Crippen molar-refractivity contribution in [3.63, 3.8) is 0 Å². The Balaban J connectivity index is 2.42. The second-order valence-corrected chi connectivity index (χ2v) is 3.20. The fourth-order valence-corrected chi connectivity index (χ4v) is 1.59. The van der Waals surface area contributed by atoms with Crippen molar-refractivity contribution in [2.45, 2.75) is 5.06 Å². The number of hydrogen-bond donors (Lipinski definition) is 2. The van der Waals surface area contributed by atoms with Crippen LogP contribution in [0.2, 0.25) is 0 Å². The third-order valence-corrected chi connectivity index (χ3v) is 1.99. The molecule has 1 heterocycles. The Hall–Kier alpha value is -0.661. The molecule has 0 aliphatic carbocycles. The van der Waals surface area contributed by atoms with Gasteiger partial charge in [-0.2, -0.15) is 0 Å². The summed E-state index contributed by atoms with van der Waals surface area (Å²) in [7, 11) is 0. The summed E-state index contributed by atoms with van der Waals surface area (Å²) in [5, 5.41) is 6.71. The molecule has 0 unspecified atom stereocenters. The molecule has 0 spiro atoms. The van der Waals surface area contributed by atoms with Gasteiger partial charge in [0, 0.05) is 0 Å². The standard InChI is InChI=1S/C7H7N2Se/c10-7-8-5-3-1-2-4-6(5)9-7/h1-4,7-9H. The van der Waals surface area contributed by atoms with Crippen LogP contribution in [0.4, 0.5) is 11.4 Å². The van der Waals surface area contributed by atoms with Crippen LogP contribution in [-0.2, 0) is 0 Å². The zero-order valence-electron chi connectivity index (χ0n) is 5.29. The van der Waals surface area contributed by atoms with Gasteiger partial charge in [-0.05, 0) is 0 Å². The van der Waals surface area contributed by atoms with Gasteiger partial charge in [0.25, 0.3) is 0 Å². The molecule has 10 heavy (non-hydrogen) atoms. The van der Waals surface area contributed by atoms with E-state index in [2.05, 4.69) is 38.8 Å². The Morgan fingerprint density at radius 1 is 1.10 bits per heavy atom. The molecule has 0 aromatic heterocycles. The van der Waals surface area contributed by atoms with E-state index in [1.807, 2.05) is 12.1 Å². The summed E-state index contributed by atoms with van der Waals surface area (Å²) in [5.41, 5.74) is 2.34. The summed E-state index contributed by atoms with van der Waals surface area (Å²) in [4.78, 5) is 0. The maximum atomic E-state index is 3.23. The van der Waals surface area contributed by atoms with Crippen molar-refractivity contribution in [1.82, 2.24) is 0 Å². The van der Waals surface area contributed by atoms with Crippen LogP contribution in [0.15, 0.2) is 24.3 Å². The second-order valence-electron chi connectivity index (χ2n) is 2.21. The molecule has 3 heteroatoms. The van der Waals surface area contributed by atoms with Gasteiger partial charge in [0.05, 0.1) is 0 Å². The topological polar surface area (TPSA) is 24.1 Å². The molecule has 1 aliphatic rings. The van der Waals surface area contributed by atoms with Gasteiger partial charge in [0.1, 0.15) is 0 Å².